The number of hydrogen-bond donors (Lipinski definition) is 3. The molecule has 3 rings (SSSR count). The van der Waals surface area contributed by atoms with Gasteiger partial charge in [-0.25, -0.2) is 4.79 Å². The Balaban J connectivity index is 1.72. The van der Waals surface area contributed by atoms with E-state index in [9.17, 15) is 4.79 Å². The topological polar surface area (TPSA) is 137 Å². The summed E-state index contributed by atoms with van der Waals surface area (Å²) in [7, 11) is 0. The summed E-state index contributed by atoms with van der Waals surface area (Å²) in [6.07, 6.45) is 0.585. The Morgan fingerprint density at radius 3 is 2.82 bits per heavy atom. The number of benzene rings is 1. The number of nitrogens with two attached hydrogens (primary N) is 2. The molecule has 0 amide bonds. The van der Waals surface area contributed by atoms with Gasteiger partial charge in [-0.15, -0.1) is 0 Å². The maximum atomic E-state index is 10.8. The fourth-order valence-corrected chi connectivity index (χ4v) is 3.39. The van der Waals surface area contributed by atoms with Crippen molar-refractivity contribution < 1.29 is 19.4 Å². The van der Waals surface area contributed by atoms with Crippen LogP contribution >= 0.6 is 0 Å². The van der Waals surface area contributed by atoms with Crippen molar-refractivity contribution in [3.05, 3.63) is 35.4 Å². The van der Waals surface area contributed by atoms with E-state index < -0.39 is 11.6 Å². The number of carbonyl (C=O) groups is 1. The van der Waals surface area contributed by atoms with Gasteiger partial charge in [-0.1, -0.05) is 25.1 Å². The zero-order valence-electron chi connectivity index (χ0n) is 16.0. The van der Waals surface area contributed by atoms with E-state index in [4.69, 9.17) is 26.0 Å². The Kier molecular flexibility index (Phi) is 5.55. The molecule has 9 nitrogen and oxygen atoms in total. The molecule has 2 aromatic rings. The van der Waals surface area contributed by atoms with Gasteiger partial charge in [0, 0.05) is 25.1 Å². The SMILES string of the molecule is CCN(Cc1ccccc1OCC(=O)O)C[C@@]1(C)Cc2c(N)nc(N)nc2O1. The molecule has 5 N–H and O–H groups in total. The molecule has 0 bridgehead atoms. The predicted octanol–water partition coefficient (Wildman–Crippen LogP) is 1.32. The van der Waals surface area contributed by atoms with Crippen molar-refractivity contribution in [1.29, 1.82) is 0 Å². The maximum absolute atomic E-state index is 10.8. The molecule has 0 spiro atoms. The molecule has 1 atom stereocenters. The van der Waals surface area contributed by atoms with Gasteiger partial charge in [0.2, 0.25) is 11.8 Å². The lowest BCUT2D eigenvalue weighted by molar-refractivity contribution is -0.139. The van der Waals surface area contributed by atoms with Gasteiger partial charge in [0.15, 0.2) is 6.61 Å². The minimum Gasteiger partial charge on any atom is -0.482 e. The van der Waals surface area contributed by atoms with Crippen LogP contribution in [0.2, 0.25) is 0 Å². The third-order valence-corrected chi connectivity index (χ3v) is 4.64. The Hall–Kier alpha value is -3.07. The molecule has 2 heterocycles. The van der Waals surface area contributed by atoms with Gasteiger partial charge in [0.05, 0.1) is 5.56 Å². The molecule has 1 aromatic carbocycles. The van der Waals surface area contributed by atoms with Crippen LogP contribution in [-0.2, 0) is 17.8 Å². The van der Waals surface area contributed by atoms with Gasteiger partial charge in [0.25, 0.3) is 0 Å². The summed E-state index contributed by atoms with van der Waals surface area (Å²) in [5, 5.41) is 8.86. The van der Waals surface area contributed by atoms with Crippen molar-refractivity contribution in [2.75, 3.05) is 31.2 Å². The first-order valence-electron chi connectivity index (χ1n) is 9.05. The molecular weight excluding hydrogens is 362 g/mol. The van der Waals surface area contributed by atoms with Gasteiger partial charge >= 0.3 is 5.97 Å². The minimum absolute atomic E-state index is 0.0948. The quantitative estimate of drug-likeness (QED) is 0.612. The number of ether oxygens (including phenoxy) is 2. The number of nitrogen functional groups attached to an aromatic ring is 2. The Morgan fingerprint density at radius 2 is 2.11 bits per heavy atom. The molecule has 1 aliphatic rings. The Bertz CT molecular complexity index is 875. The van der Waals surface area contributed by atoms with Crippen molar-refractivity contribution >= 4 is 17.7 Å². The first-order chi connectivity index (χ1) is 13.3. The maximum Gasteiger partial charge on any atom is 0.341 e. The molecule has 9 heteroatoms. The van der Waals surface area contributed by atoms with Gasteiger partial charge in [-0.3, -0.25) is 4.90 Å². The van der Waals surface area contributed by atoms with Gasteiger partial charge < -0.3 is 26.0 Å². The normalized spacial score (nSPS) is 18.0. The van der Waals surface area contributed by atoms with Crippen LogP contribution in [0.3, 0.4) is 0 Å². The highest BCUT2D eigenvalue weighted by Crippen LogP contribution is 2.37. The van der Waals surface area contributed by atoms with Crippen molar-refractivity contribution in [1.82, 2.24) is 14.9 Å². The first kappa shape index (κ1) is 19.7. The second-order valence-electron chi connectivity index (χ2n) is 7.07. The monoisotopic (exact) mass is 387 g/mol. The molecule has 0 unspecified atom stereocenters. The summed E-state index contributed by atoms with van der Waals surface area (Å²) in [4.78, 5) is 21.2. The highest BCUT2D eigenvalue weighted by molar-refractivity contribution is 5.68. The number of carboxylic acid groups (broad SMARTS) is 1. The fourth-order valence-electron chi connectivity index (χ4n) is 3.39. The van der Waals surface area contributed by atoms with Crippen molar-refractivity contribution in [2.24, 2.45) is 0 Å². The van der Waals surface area contributed by atoms with Crippen molar-refractivity contribution in [3.8, 4) is 11.6 Å². The zero-order valence-corrected chi connectivity index (χ0v) is 16.0. The second kappa shape index (κ2) is 7.89. The van der Waals surface area contributed by atoms with E-state index in [2.05, 4.69) is 21.8 Å². The number of fused-ring (bicyclic) bond motifs is 1. The number of aromatic nitrogens is 2. The molecule has 0 radical (unpaired) electrons. The van der Waals surface area contributed by atoms with E-state index in [1.165, 1.54) is 0 Å². The molecule has 0 aliphatic carbocycles. The van der Waals surface area contributed by atoms with E-state index in [1.54, 1.807) is 6.07 Å². The summed E-state index contributed by atoms with van der Waals surface area (Å²) in [5.74, 6) is 0.435. The van der Waals surface area contributed by atoms with Crippen molar-refractivity contribution in [2.45, 2.75) is 32.4 Å². The number of carboxylic acids is 1. The summed E-state index contributed by atoms with van der Waals surface area (Å²) in [6.45, 7) is 5.65. The molecule has 0 saturated heterocycles. The van der Waals surface area contributed by atoms with Crippen LogP contribution in [0.5, 0.6) is 11.6 Å². The van der Waals surface area contributed by atoms with E-state index in [-0.39, 0.29) is 12.6 Å². The third kappa shape index (κ3) is 4.42. The summed E-state index contributed by atoms with van der Waals surface area (Å²) in [5.41, 5.74) is 12.8. The van der Waals surface area contributed by atoms with Crippen LogP contribution in [0.15, 0.2) is 24.3 Å². The minimum atomic E-state index is -1.01. The number of nitrogens with zero attached hydrogens (tertiary/aromatic N) is 3. The lowest BCUT2D eigenvalue weighted by atomic mass is 9.99. The van der Waals surface area contributed by atoms with Gasteiger partial charge in [-0.2, -0.15) is 9.97 Å². The number of hydrogen-bond acceptors (Lipinski definition) is 8. The van der Waals surface area contributed by atoms with Crippen LogP contribution in [0.1, 0.15) is 25.0 Å². The average Bonchev–Trinajstić information content (AvgIpc) is 2.96. The average molecular weight is 387 g/mol. The van der Waals surface area contributed by atoms with Crippen LogP contribution in [0.4, 0.5) is 11.8 Å². The number of rotatable bonds is 8. The number of aliphatic carboxylic acids is 1. The Morgan fingerprint density at radius 1 is 1.36 bits per heavy atom. The molecule has 0 fully saturated rings. The summed E-state index contributed by atoms with van der Waals surface area (Å²) in [6, 6.07) is 7.42. The first-order valence-corrected chi connectivity index (χ1v) is 9.05. The standard InChI is InChI=1S/C19H25N5O4/c1-3-24(9-12-6-4-5-7-14(12)27-10-15(25)26)11-19(2)8-13-16(20)22-18(21)23-17(13)28-19/h4-7H,3,8-11H2,1-2H3,(H,25,26)(H4,20,21,22,23)/t19-/m1/s1. The highest BCUT2D eigenvalue weighted by Gasteiger charge is 2.39. The van der Waals surface area contributed by atoms with Crippen LogP contribution in [0.25, 0.3) is 0 Å². The number of likely N-dealkylation sites (N-methyl/N-ethyl adjacent to an activating group) is 1. The predicted molar refractivity (Wildman–Crippen MR) is 104 cm³/mol. The molecule has 28 heavy (non-hydrogen) atoms. The molecule has 1 aromatic heterocycles. The van der Waals surface area contributed by atoms with E-state index in [0.717, 1.165) is 17.7 Å². The molecule has 150 valence electrons. The van der Waals surface area contributed by atoms with Crippen molar-refractivity contribution in [3.63, 3.8) is 0 Å². The van der Waals surface area contributed by atoms with Crippen LogP contribution in [-0.4, -0.2) is 51.2 Å². The third-order valence-electron chi connectivity index (χ3n) is 4.64. The molecule has 1 aliphatic heterocycles. The zero-order chi connectivity index (χ0) is 20.3. The van der Waals surface area contributed by atoms with E-state index in [0.29, 0.717) is 37.0 Å². The fraction of sp³-hybridized carbons (Fsp3) is 0.421. The van der Waals surface area contributed by atoms with Crippen LogP contribution in [0, 0.1) is 0 Å². The highest BCUT2D eigenvalue weighted by atomic mass is 16.5. The van der Waals surface area contributed by atoms with E-state index in [1.807, 2.05) is 25.1 Å². The van der Waals surface area contributed by atoms with Crippen LogP contribution < -0.4 is 20.9 Å². The Labute approximate surface area is 163 Å². The largest absolute Gasteiger partial charge is 0.482 e. The number of anilines is 2. The molecular formula is C19H25N5O4. The molecule has 0 saturated carbocycles. The number of para-hydroxylation sites is 1. The lowest BCUT2D eigenvalue weighted by Gasteiger charge is -2.31. The smallest absolute Gasteiger partial charge is 0.341 e. The van der Waals surface area contributed by atoms with E-state index >= 15 is 0 Å². The summed E-state index contributed by atoms with van der Waals surface area (Å²) < 4.78 is 11.5. The lowest BCUT2D eigenvalue weighted by Crippen LogP contribution is -2.44. The van der Waals surface area contributed by atoms with Gasteiger partial charge in [-0.05, 0) is 19.5 Å². The van der Waals surface area contributed by atoms with Gasteiger partial charge in [0.1, 0.15) is 17.2 Å². The second-order valence-corrected chi connectivity index (χ2v) is 7.07. The summed E-state index contributed by atoms with van der Waals surface area (Å²) >= 11 is 0.